The van der Waals surface area contributed by atoms with Crippen LogP contribution in [0.1, 0.15) is 5.56 Å². The van der Waals surface area contributed by atoms with Crippen molar-refractivity contribution < 1.29 is 14.3 Å². The van der Waals surface area contributed by atoms with Gasteiger partial charge in [-0.15, -0.1) is 0 Å². The number of carbonyl (C=O) groups is 1. The highest BCUT2D eigenvalue weighted by molar-refractivity contribution is 5.82. The number of benzene rings is 2. The number of hydrogen-bond acceptors (Lipinski definition) is 4. The predicted octanol–water partition coefficient (Wildman–Crippen LogP) is 2.38. The van der Waals surface area contributed by atoms with Gasteiger partial charge in [0.05, 0.1) is 19.2 Å². The topological polar surface area (TPSA) is 69.6 Å². The molecule has 1 aromatic heterocycles. The van der Waals surface area contributed by atoms with Crippen molar-refractivity contribution in [3.8, 4) is 11.5 Å². The summed E-state index contributed by atoms with van der Waals surface area (Å²) < 4.78 is 13.0. The molecular formula is C22H22N2O4. The Morgan fingerprint density at radius 1 is 1.21 bits per heavy atom. The lowest BCUT2D eigenvalue weighted by Crippen LogP contribution is -2.36. The molecule has 0 radical (unpaired) electrons. The maximum atomic E-state index is 12.5. The first-order valence-electron chi connectivity index (χ1n) is 9.29. The molecule has 1 aliphatic rings. The summed E-state index contributed by atoms with van der Waals surface area (Å²) in [4.78, 5) is 24.4. The van der Waals surface area contributed by atoms with Gasteiger partial charge in [0.2, 0.25) is 5.91 Å². The highest BCUT2D eigenvalue weighted by atomic mass is 16.5. The number of nitrogens with one attached hydrogen (secondary N) is 1. The van der Waals surface area contributed by atoms with E-state index in [1.54, 1.807) is 23.9 Å². The minimum atomic E-state index is -0.0924. The van der Waals surface area contributed by atoms with Crippen LogP contribution >= 0.6 is 0 Å². The van der Waals surface area contributed by atoms with E-state index in [4.69, 9.17) is 9.47 Å². The van der Waals surface area contributed by atoms with Gasteiger partial charge < -0.3 is 19.4 Å². The number of rotatable bonds is 5. The van der Waals surface area contributed by atoms with Gasteiger partial charge in [0, 0.05) is 30.1 Å². The Morgan fingerprint density at radius 2 is 2.07 bits per heavy atom. The molecule has 3 aromatic rings. The van der Waals surface area contributed by atoms with E-state index in [1.807, 2.05) is 36.4 Å². The zero-order valence-corrected chi connectivity index (χ0v) is 15.7. The fraction of sp³-hybridized carbons (Fsp3) is 0.273. The first-order valence-corrected chi connectivity index (χ1v) is 9.29. The lowest BCUT2D eigenvalue weighted by atomic mass is 9.96. The number of para-hydroxylation sites is 2. The van der Waals surface area contributed by atoms with Crippen LogP contribution in [0.15, 0.2) is 59.5 Å². The van der Waals surface area contributed by atoms with Crippen LogP contribution in [0.2, 0.25) is 0 Å². The highest BCUT2D eigenvalue weighted by Crippen LogP contribution is 2.35. The molecule has 1 amide bonds. The Morgan fingerprint density at radius 3 is 2.93 bits per heavy atom. The van der Waals surface area contributed by atoms with Crippen LogP contribution in [-0.4, -0.2) is 30.7 Å². The van der Waals surface area contributed by atoms with Gasteiger partial charge in [0.25, 0.3) is 0 Å². The van der Waals surface area contributed by atoms with Crippen LogP contribution in [0.5, 0.6) is 11.5 Å². The lowest BCUT2D eigenvalue weighted by molar-refractivity contribution is -0.121. The van der Waals surface area contributed by atoms with Gasteiger partial charge in [-0.05, 0) is 30.2 Å². The van der Waals surface area contributed by atoms with Gasteiger partial charge in [-0.25, -0.2) is 0 Å². The predicted molar refractivity (Wildman–Crippen MR) is 107 cm³/mol. The first-order chi connectivity index (χ1) is 13.7. The van der Waals surface area contributed by atoms with E-state index in [-0.39, 0.29) is 23.8 Å². The standard InChI is InChI=1S/C22H22N2O4/c1-27-20-8-4-5-16-11-15(14-28-22(16)20)12-23-21(26)13-24-10-9-19(25)17-6-2-3-7-18(17)24/h2-10,15H,11-14H2,1H3,(H,23,26)/t15-/m1/s1. The van der Waals surface area contributed by atoms with Gasteiger partial charge in [0.1, 0.15) is 6.54 Å². The van der Waals surface area contributed by atoms with Crippen molar-refractivity contribution in [2.45, 2.75) is 13.0 Å². The average Bonchev–Trinajstić information content (AvgIpc) is 2.74. The molecule has 2 heterocycles. The lowest BCUT2D eigenvalue weighted by Gasteiger charge is -2.26. The Balaban J connectivity index is 1.39. The molecule has 0 saturated heterocycles. The third kappa shape index (κ3) is 3.58. The van der Waals surface area contributed by atoms with Crippen molar-refractivity contribution >= 4 is 16.8 Å². The molecule has 0 saturated carbocycles. The normalized spacial score (nSPS) is 15.5. The van der Waals surface area contributed by atoms with Gasteiger partial charge in [0.15, 0.2) is 16.9 Å². The number of pyridine rings is 1. The molecule has 0 unspecified atom stereocenters. The molecular weight excluding hydrogens is 356 g/mol. The van der Waals surface area contributed by atoms with E-state index in [0.717, 1.165) is 29.0 Å². The number of hydrogen-bond donors (Lipinski definition) is 1. The molecule has 0 fully saturated rings. The Bertz CT molecular complexity index is 1070. The van der Waals surface area contributed by atoms with Crippen LogP contribution in [0, 0.1) is 5.92 Å². The number of amides is 1. The molecule has 0 bridgehead atoms. The van der Waals surface area contributed by atoms with Gasteiger partial charge >= 0.3 is 0 Å². The van der Waals surface area contributed by atoms with Crippen LogP contribution in [0.3, 0.4) is 0 Å². The van der Waals surface area contributed by atoms with Crippen LogP contribution < -0.4 is 20.2 Å². The molecule has 4 rings (SSSR count). The SMILES string of the molecule is COc1cccc2c1OC[C@@H](CNC(=O)Cn1ccc(=O)c3ccccc31)C2. The molecule has 28 heavy (non-hydrogen) atoms. The van der Waals surface area contributed by atoms with Crippen molar-refractivity contribution in [3.63, 3.8) is 0 Å². The number of methoxy groups -OCH3 is 1. The van der Waals surface area contributed by atoms with Crippen molar-refractivity contribution in [2.75, 3.05) is 20.3 Å². The zero-order valence-electron chi connectivity index (χ0n) is 15.7. The second-order valence-electron chi connectivity index (χ2n) is 6.96. The molecule has 6 nitrogen and oxygen atoms in total. The van der Waals surface area contributed by atoms with E-state index < -0.39 is 0 Å². The summed E-state index contributed by atoms with van der Waals surface area (Å²) in [5.41, 5.74) is 1.81. The monoisotopic (exact) mass is 378 g/mol. The van der Waals surface area contributed by atoms with Crippen LogP contribution in [0.25, 0.3) is 10.9 Å². The smallest absolute Gasteiger partial charge is 0.239 e. The molecule has 1 atom stereocenters. The summed E-state index contributed by atoms with van der Waals surface area (Å²) in [6.45, 7) is 1.24. The molecule has 0 spiro atoms. The van der Waals surface area contributed by atoms with E-state index >= 15 is 0 Å². The second kappa shape index (κ2) is 7.76. The minimum absolute atomic E-state index is 0.0410. The number of nitrogens with zero attached hydrogens (tertiary/aromatic N) is 1. The fourth-order valence-corrected chi connectivity index (χ4v) is 3.62. The molecule has 1 aliphatic heterocycles. The number of fused-ring (bicyclic) bond motifs is 2. The van der Waals surface area contributed by atoms with Crippen molar-refractivity contribution in [1.82, 2.24) is 9.88 Å². The molecule has 0 aliphatic carbocycles. The Hall–Kier alpha value is -3.28. The number of carbonyl (C=O) groups excluding carboxylic acids is 1. The van der Waals surface area contributed by atoms with E-state index in [0.29, 0.717) is 18.5 Å². The van der Waals surface area contributed by atoms with E-state index in [9.17, 15) is 9.59 Å². The van der Waals surface area contributed by atoms with Crippen LogP contribution in [0.4, 0.5) is 0 Å². The van der Waals surface area contributed by atoms with Crippen LogP contribution in [-0.2, 0) is 17.8 Å². The maximum absolute atomic E-state index is 12.5. The van der Waals surface area contributed by atoms with Gasteiger partial charge in [-0.3, -0.25) is 9.59 Å². The summed E-state index contributed by atoms with van der Waals surface area (Å²) in [6.07, 6.45) is 2.49. The number of aromatic nitrogens is 1. The summed E-state index contributed by atoms with van der Waals surface area (Å²) in [6, 6.07) is 14.7. The molecule has 1 N–H and O–H groups in total. The molecule has 6 heteroatoms. The zero-order chi connectivity index (χ0) is 19.5. The first kappa shape index (κ1) is 18.1. The quantitative estimate of drug-likeness (QED) is 0.740. The summed E-state index contributed by atoms with van der Waals surface area (Å²) >= 11 is 0. The van der Waals surface area contributed by atoms with E-state index in [2.05, 4.69) is 5.32 Å². The largest absolute Gasteiger partial charge is 0.493 e. The Kier molecular flexibility index (Phi) is 5.02. The summed E-state index contributed by atoms with van der Waals surface area (Å²) in [5.74, 6) is 1.65. The maximum Gasteiger partial charge on any atom is 0.239 e. The minimum Gasteiger partial charge on any atom is -0.493 e. The fourth-order valence-electron chi connectivity index (χ4n) is 3.62. The van der Waals surface area contributed by atoms with Gasteiger partial charge in [-0.1, -0.05) is 24.3 Å². The van der Waals surface area contributed by atoms with Crippen molar-refractivity contribution in [1.29, 1.82) is 0 Å². The average molecular weight is 378 g/mol. The Labute approximate surface area is 162 Å². The molecule has 144 valence electrons. The third-order valence-electron chi connectivity index (χ3n) is 5.04. The van der Waals surface area contributed by atoms with E-state index in [1.165, 1.54) is 6.07 Å². The van der Waals surface area contributed by atoms with Crippen molar-refractivity contribution in [3.05, 3.63) is 70.5 Å². The summed E-state index contributed by atoms with van der Waals surface area (Å²) in [7, 11) is 1.63. The van der Waals surface area contributed by atoms with Crippen molar-refractivity contribution in [2.24, 2.45) is 5.92 Å². The highest BCUT2D eigenvalue weighted by Gasteiger charge is 2.23. The second-order valence-corrected chi connectivity index (χ2v) is 6.96. The number of ether oxygens (including phenoxy) is 2. The third-order valence-corrected chi connectivity index (χ3v) is 5.04. The summed E-state index contributed by atoms with van der Waals surface area (Å²) in [5, 5.41) is 3.61. The van der Waals surface area contributed by atoms with Gasteiger partial charge in [-0.2, -0.15) is 0 Å². The molecule has 2 aromatic carbocycles.